The van der Waals surface area contributed by atoms with Crippen LogP contribution in [0, 0.1) is 0 Å². The van der Waals surface area contributed by atoms with Gasteiger partial charge in [0.1, 0.15) is 11.8 Å². The van der Waals surface area contributed by atoms with E-state index in [9.17, 15) is 27.6 Å². The molecule has 2 amide bonds. The molecule has 39 heavy (non-hydrogen) atoms. The molecule has 0 bridgehead atoms. The molecule has 0 saturated carbocycles. The number of methoxy groups -OCH3 is 1. The lowest BCUT2D eigenvalue weighted by molar-refractivity contribution is -0.137. The van der Waals surface area contributed by atoms with Crippen LogP contribution in [0.2, 0.25) is 0 Å². The summed E-state index contributed by atoms with van der Waals surface area (Å²) in [5, 5.41) is 6.83. The standard InChI is InChI=1S/C27H22F3N5O4/c1-39-19-9-7-16(8-10-19)14-22(23(36)24(31)37)33-26(38)20-6-3-12-32-25(20)35-13-11-21(34-35)17-4-2-5-18(15-17)27(28,29)30/h2-13,15,22H,14H2,1H3,(H2,31,37)(H,33,38). The van der Waals surface area contributed by atoms with Gasteiger partial charge in [-0.1, -0.05) is 24.3 Å². The first kappa shape index (κ1) is 27.0. The minimum atomic E-state index is -4.52. The van der Waals surface area contributed by atoms with Crippen molar-refractivity contribution in [2.24, 2.45) is 5.73 Å². The molecule has 9 nitrogen and oxygen atoms in total. The van der Waals surface area contributed by atoms with E-state index >= 15 is 0 Å². The Bertz CT molecular complexity index is 1520. The number of amides is 2. The minimum Gasteiger partial charge on any atom is -0.497 e. The van der Waals surface area contributed by atoms with Gasteiger partial charge in [0.15, 0.2) is 5.82 Å². The molecule has 0 aliphatic rings. The molecule has 1 atom stereocenters. The number of ether oxygens (including phenoxy) is 1. The van der Waals surface area contributed by atoms with Crippen LogP contribution in [0.5, 0.6) is 5.75 Å². The Hall–Kier alpha value is -5.00. The molecule has 2 aromatic carbocycles. The van der Waals surface area contributed by atoms with Crippen LogP contribution in [0.3, 0.4) is 0 Å². The van der Waals surface area contributed by atoms with Crippen LogP contribution < -0.4 is 15.8 Å². The predicted octanol–water partition coefficient (Wildman–Crippen LogP) is 3.36. The van der Waals surface area contributed by atoms with Crippen LogP contribution in [0.1, 0.15) is 21.5 Å². The van der Waals surface area contributed by atoms with E-state index in [-0.39, 0.29) is 29.1 Å². The smallest absolute Gasteiger partial charge is 0.416 e. The average Bonchev–Trinajstić information content (AvgIpc) is 3.42. The number of benzene rings is 2. The SMILES string of the molecule is COc1ccc(CC(NC(=O)c2cccnc2-n2ccc(-c3cccc(C(F)(F)F)c3)n2)C(=O)C(N)=O)cc1. The van der Waals surface area contributed by atoms with Gasteiger partial charge in [0.05, 0.1) is 23.9 Å². The molecular weight excluding hydrogens is 515 g/mol. The normalized spacial score (nSPS) is 12.0. The van der Waals surface area contributed by atoms with E-state index in [0.29, 0.717) is 11.3 Å². The molecule has 0 fully saturated rings. The zero-order valence-corrected chi connectivity index (χ0v) is 20.5. The number of nitrogens with zero attached hydrogens (tertiary/aromatic N) is 3. The van der Waals surface area contributed by atoms with Gasteiger partial charge in [-0.25, -0.2) is 9.67 Å². The summed E-state index contributed by atoms with van der Waals surface area (Å²) in [6, 6.07) is 14.5. The van der Waals surface area contributed by atoms with Crippen molar-refractivity contribution >= 4 is 17.6 Å². The van der Waals surface area contributed by atoms with Gasteiger partial charge >= 0.3 is 6.18 Å². The van der Waals surface area contributed by atoms with Crippen molar-refractivity contribution in [3.05, 3.63) is 95.8 Å². The van der Waals surface area contributed by atoms with E-state index < -0.39 is 35.4 Å². The molecule has 0 aliphatic heterocycles. The monoisotopic (exact) mass is 537 g/mol. The number of carbonyl (C=O) groups excluding carboxylic acids is 3. The van der Waals surface area contributed by atoms with Gasteiger partial charge in [0.2, 0.25) is 5.78 Å². The van der Waals surface area contributed by atoms with Crippen molar-refractivity contribution in [2.45, 2.75) is 18.6 Å². The summed E-state index contributed by atoms with van der Waals surface area (Å²) >= 11 is 0. The number of alkyl halides is 3. The summed E-state index contributed by atoms with van der Waals surface area (Å²) in [6.07, 6.45) is -1.69. The number of hydrogen-bond donors (Lipinski definition) is 2. The van der Waals surface area contributed by atoms with Gasteiger partial charge in [0, 0.05) is 24.4 Å². The van der Waals surface area contributed by atoms with Gasteiger partial charge in [-0.15, -0.1) is 0 Å². The van der Waals surface area contributed by atoms with Crippen LogP contribution in [0.25, 0.3) is 17.1 Å². The number of rotatable bonds is 9. The zero-order chi connectivity index (χ0) is 28.2. The first-order chi connectivity index (χ1) is 18.6. The van der Waals surface area contributed by atoms with Gasteiger partial charge in [-0.2, -0.15) is 18.3 Å². The van der Waals surface area contributed by atoms with E-state index in [0.717, 1.165) is 12.1 Å². The van der Waals surface area contributed by atoms with Crippen molar-refractivity contribution < 1.29 is 32.3 Å². The highest BCUT2D eigenvalue weighted by atomic mass is 19.4. The second-order valence-electron chi connectivity index (χ2n) is 8.41. The molecule has 1 unspecified atom stereocenters. The molecule has 0 spiro atoms. The van der Waals surface area contributed by atoms with E-state index in [2.05, 4.69) is 15.4 Å². The third-order valence-electron chi connectivity index (χ3n) is 5.79. The molecule has 0 saturated heterocycles. The highest BCUT2D eigenvalue weighted by Gasteiger charge is 2.31. The number of halogens is 3. The maximum atomic E-state index is 13.3. The van der Waals surface area contributed by atoms with Crippen LogP contribution in [0.15, 0.2) is 79.1 Å². The summed E-state index contributed by atoms with van der Waals surface area (Å²) in [5.74, 6) is -2.29. The number of Topliss-reactive ketones (excluding diaryl/α,β-unsaturated/α-hetero) is 1. The molecule has 2 aromatic heterocycles. The second kappa shape index (κ2) is 11.2. The highest BCUT2D eigenvalue weighted by molar-refractivity contribution is 6.38. The average molecular weight is 537 g/mol. The molecule has 0 radical (unpaired) electrons. The molecule has 200 valence electrons. The lowest BCUT2D eigenvalue weighted by atomic mass is 10.0. The molecule has 12 heteroatoms. The summed E-state index contributed by atoms with van der Waals surface area (Å²) in [4.78, 5) is 41.6. The largest absolute Gasteiger partial charge is 0.497 e. The van der Waals surface area contributed by atoms with Gasteiger partial charge in [-0.3, -0.25) is 14.4 Å². The summed E-state index contributed by atoms with van der Waals surface area (Å²) in [5.41, 5.74) is 5.47. The van der Waals surface area contributed by atoms with Gasteiger partial charge in [0.25, 0.3) is 11.8 Å². The Morgan fingerprint density at radius 3 is 2.46 bits per heavy atom. The number of carbonyl (C=O) groups is 3. The summed E-state index contributed by atoms with van der Waals surface area (Å²) in [6.45, 7) is 0. The van der Waals surface area contributed by atoms with Crippen molar-refractivity contribution in [3.8, 4) is 22.8 Å². The number of primary amides is 1. The quantitative estimate of drug-likeness (QED) is 0.315. The maximum Gasteiger partial charge on any atom is 0.416 e. The zero-order valence-electron chi connectivity index (χ0n) is 20.5. The fourth-order valence-electron chi connectivity index (χ4n) is 3.82. The Kier molecular flexibility index (Phi) is 7.75. The van der Waals surface area contributed by atoms with Crippen molar-refractivity contribution in [1.82, 2.24) is 20.1 Å². The number of ketones is 1. The van der Waals surface area contributed by atoms with E-state index in [1.165, 1.54) is 54.5 Å². The molecule has 4 rings (SSSR count). The van der Waals surface area contributed by atoms with Crippen molar-refractivity contribution in [3.63, 3.8) is 0 Å². The topological polar surface area (TPSA) is 129 Å². The minimum absolute atomic E-state index is 0.00759. The van der Waals surface area contributed by atoms with E-state index in [1.54, 1.807) is 24.3 Å². The molecule has 2 heterocycles. The van der Waals surface area contributed by atoms with E-state index in [1.807, 2.05) is 0 Å². The Morgan fingerprint density at radius 1 is 1.05 bits per heavy atom. The lowest BCUT2D eigenvalue weighted by Gasteiger charge is -2.17. The van der Waals surface area contributed by atoms with Gasteiger partial charge < -0.3 is 15.8 Å². The van der Waals surface area contributed by atoms with Crippen LogP contribution >= 0.6 is 0 Å². The second-order valence-corrected chi connectivity index (χ2v) is 8.41. The fraction of sp³-hybridized carbons (Fsp3) is 0.148. The molecule has 4 aromatic rings. The first-order valence-electron chi connectivity index (χ1n) is 11.5. The van der Waals surface area contributed by atoms with Crippen LogP contribution in [-0.4, -0.2) is 45.5 Å². The molecule has 3 N–H and O–H groups in total. The number of nitrogens with two attached hydrogens (primary N) is 1. The predicted molar refractivity (Wildman–Crippen MR) is 134 cm³/mol. The highest BCUT2D eigenvalue weighted by Crippen LogP contribution is 2.32. The molecular formula is C27H22F3N5O4. The van der Waals surface area contributed by atoms with Crippen LogP contribution in [0.4, 0.5) is 13.2 Å². The van der Waals surface area contributed by atoms with Crippen molar-refractivity contribution in [2.75, 3.05) is 7.11 Å². The number of hydrogen-bond acceptors (Lipinski definition) is 6. The number of nitrogens with one attached hydrogen (secondary N) is 1. The third-order valence-corrected chi connectivity index (χ3v) is 5.79. The number of aromatic nitrogens is 3. The molecule has 0 aliphatic carbocycles. The maximum absolute atomic E-state index is 13.3. The summed E-state index contributed by atoms with van der Waals surface area (Å²) < 4.78 is 45.8. The first-order valence-corrected chi connectivity index (χ1v) is 11.5. The Labute approximate surface area is 220 Å². The van der Waals surface area contributed by atoms with E-state index in [4.69, 9.17) is 10.5 Å². The van der Waals surface area contributed by atoms with Gasteiger partial charge in [-0.05, 0) is 48.0 Å². The number of pyridine rings is 1. The Balaban J connectivity index is 1.61. The summed E-state index contributed by atoms with van der Waals surface area (Å²) in [7, 11) is 1.50. The fourth-order valence-corrected chi connectivity index (χ4v) is 3.82. The third kappa shape index (κ3) is 6.29. The lowest BCUT2D eigenvalue weighted by Crippen LogP contribution is -2.47. The van der Waals surface area contributed by atoms with Crippen molar-refractivity contribution in [1.29, 1.82) is 0 Å². The van der Waals surface area contributed by atoms with Crippen LogP contribution in [-0.2, 0) is 22.2 Å². The Morgan fingerprint density at radius 2 is 1.79 bits per heavy atom.